The van der Waals surface area contributed by atoms with Crippen LogP contribution in [0, 0.1) is 6.92 Å². The van der Waals surface area contributed by atoms with E-state index < -0.39 is 5.41 Å². The van der Waals surface area contributed by atoms with Crippen LogP contribution < -0.4 is 0 Å². The second-order valence-electron chi connectivity index (χ2n) is 15.1. The van der Waals surface area contributed by atoms with Crippen molar-refractivity contribution in [1.82, 2.24) is 0 Å². The van der Waals surface area contributed by atoms with Gasteiger partial charge in [-0.1, -0.05) is 176 Å². The molecule has 0 bridgehead atoms. The lowest BCUT2D eigenvalue weighted by Gasteiger charge is -2.30. The highest BCUT2D eigenvalue weighted by molar-refractivity contribution is 6.20. The van der Waals surface area contributed by atoms with E-state index >= 15 is 0 Å². The standard InChI is InChI=1S/C54H34O/c1-33-14-11-27-49-50(33)44-32-43(39-17-5-6-18-40(39)53(44)55-49)36-30-28-35(29-31-36)38-22-13-26-48-52(38)42-20-8-10-24-46(42)54(48)45-23-9-7-19-41(45)51-37(21-12-25-47(51)54)34-15-3-2-4-16-34/h2-32H,1H3. The summed E-state index contributed by atoms with van der Waals surface area (Å²) >= 11 is 0. The zero-order valence-electron chi connectivity index (χ0n) is 30.3. The van der Waals surface area contributed by atoms with Crippen LogP contribution in [0.15, 0.2) is 192 Å². The molecule has 9 aromatic carbocycles. The second-order valence-corrected chi connectivity index (χ2v) is 15.1. The molecule has 0 radical (unpaired) electrons. The first-order chi connectivity index (χ1) is 27.2. The van der Waals surface area contributed by atoms with E-state index in [4.69, 9.17) is 4.42 Å². The molecule has 0 fully saturated rings. The van der Waals surface area contributed by atoms with Crippen LogP contribution in [0.1, 0.15) is 27.8 Å². The monoisotopic (exact) mass is 698 g/mol. The maximum absolute atomic E-state index is 6.50. The zero-order valence-corrected chi connectivity index (χ0v) is 30.3. The maximum Gasteiger partial charge on any atom is 0.143 e. The Morgan fingerprint density at radius 3 is 1.51 bits per heavy atom. The molecule has 12 rings (SSSR count). The highest BCUT2D eigenvalue weighted by Crippen LogP contribution is 2.65. The highest BCUT2D eigenvalue weighted by atomic mass is 16.3. The third kappa shape index (κ3) is 4.02. The number of furan rings is 1. The number of hydrogen-bond acceptors (Lipinski definition) is 1. The fourth-order valence-corrected chi connectivity index (χ4v) is 10.2. The molecule has 0 saturated heterocycles. The zero-order chi connectivity index (χ0) is 36.3. The lowest BCUT2D eigenvalue weighted by molar-refractivity contribution is 0.672. The molecule has 1 nitrogen and oxygen atoms in total. The quantitative estimate of drug-likeness (QED) is 0.179. The van der Waals surface area contributed by atoms with Gasteiger partial charge < -0.3 is 4.42 Å². The van der Waals surface area contributed by atoms with E-state index in [1.165, 1.54) is 99.6 Å². The molecule has 0 aliphatic heterocycles. The average molecular weight is 699 g/mol. The lowest BCUT2D eigenvalue weighted by Crippen LogP contribution is -2.25. The first kappa shape index (κ1) is 30.5. The molecule has 1 heteroatoms. The molecule has 256 valence electrons. The lowest BCUT2D eigenvalue weighted by atomic mass is 9.70. The molecular weight excluding hydrogens is 665 g/mol. The summed E-state index contributed by atoms with van der Waals surface area (Å²) in [6.07, 6.45) is 0. The van der Waals surface area contributed by atoms with E-state index in [1.807, 2.05) is 0 Å². The Kier molecular flexibility index (Phi) is 6.25. The summed E-state index contributed by atoms with van der Waals surface area (Å²) in [5.74, 6) is 0. The van der Waals surface area contributed by atoms with Gasteiger partial charge in [-0.05, 0) is 108 Å². The van der Waals surface area contributed by atoms with Gasteiger partial charge in [-0.3, -0.25) is 0 Å². The van der Waals surface area contributed by atoms with Gasteiger partial charge >= 0.3 is 0 Å². The number of fused-ring (bicyclic) bond motifs is 15. The van der Waals surface area contributed by atoms with Crippen molar-refractivity contribution in [3.05, 3.63) is 216 Å². The summed E-state index contributed by atoms with van der Waals surface area (Å²) < 4.78 is 6.50. The van der Waals surface area contributed by atoms with E-state index in [0.717, 1.165) is 16.6 Å². The van der Waals surface area contributed by atoms with Gasteiger partial charge in [0.05, 0.1) is 5.41 Å². The summed E-state index contributed by atoms with van der Waals surface area (Å²) in [7, 11) is 0. The Bertz CT molecular complexity index is 3200. The van der Waals surface area contributed by atoms with Crippen LogP contribution in [-0.4, -0.2) is 0 Å². The Morgan fingerprint density at radius 1 is 0.364 bits per heavy atom. The second kappa shape index (κ2) is 11.3. The van der Waals surface area contributed by atoms with Crippen molar-refractivity contribution >= 4 is 32.7 Å². The molecule has 2 aliphatic carbocycles. The minimum Gasteiger partial charge on any atom is -0.455 e. The van der Waals surface area contributed by atoms with Gasteiger partial charge in [0.1, 0.15) is 11.2 Å². The van der Waals surface area contributed by atoms with E-state index in [0.29, 0.717) is 0 Å². The number of hydrogen-bond donors (Lipinski definition) is 0. The maximum atomic E-state index is 6.50. The van der Waals surface area contributed by atoms with Crippen LogP contribution in [0.25, 0.3) is 88.3 Å². The number of aryl methyl sites for hydroxylation is 1. The molecule has 2 aliphatic rings. The third-order valence-electron chi connectivity index (χ3n) is 12.4. The molecule has 1 unspecified atom stereocenters. The van der Waals surface area contributed by atoms with E-state index in [2.05, 4.69) is 195 Å². The number of benzene rings is 9. The normalized spacial score (nSPS) is 15.1. The van der Waals surface area contributed by atoms with Crippen molar-refractivity contribution in [2.75, 3.05) is 0 Å². The summed E-state index contributed by atoms with van der Waals surface area (Å²) in [6, 6.07) is 69.5. The van der Waals surface area contributed by atoms with Crippen LogP contribution in [-0.2, 0) is 5.41 Å². The van der Waals surface area contributed by atoms with Crippen LogP contribution in [0.2, 0.25) is 0 Å². The molecule has 55 heavy (non-hydrogen) atoms. The van der Waals surface area contributed by atoms with Gasteiger partial charge in [0.2, 0.25) is 0 Å². The van der Waals surface area contributed by atoms with E-state index in [-0.39, 0.29) is 0 Å². The highest BCUT2D eigenvalue weighted by Gasteiger charge is 2.52. The first-order valence-corrected chi connectivity index (χ1v) is 19.2. The van der Waals surface area contributed by atoms with Crippen molar-refractivity contribution in [2.24, 2.45) is 0 Å². The number of rotatable bonds is 3. The van der Waals surface area contributed by atoms with Crippen LogP contribution in [0.5, 0.6) is 0 Å². The Labute approximate surface area is 319 Å². The third-order valence-corrected chi connectivity index (χ3v) is 12.4. The minimum absolute atomic E-state index is 0.418. The van der Waals surface area contributed by atoms with Gasteiger partial charge in [0, 0.05) is 16.2 Å². The van der Waals surface area contributed by atoms with Gasteiger partial charge in [0.25, 0.3) is 0 Å². The molecule has 0 saturated carbocycles. The summed E-state index contributed by atoms with van der Waals surface area (Å²) in [6.45, 7) is 2.17. The molecule has 1 atom stereocenters. The van der Waals surface area contributed by atoms with Crippen molar-refractivity contribution in [3.63, 3.8) is 0 Å². The Balaban J connectivity index is 1.07. The van der Waals surface area contributed by atoms with E-state index in [9.17, 15) is 0 Å². The van der Waals surface area contributed by atoms with Gasteiger partial charge in [-0.25, -0.2) is 0 Å². The van der Waals surface area contributed by atoms with Crippen LogP contribution in [0.3, 0.4) is 0 Å². The molecule has 1 heterocycles. The molecule has 1 spiro atoms. The van der Waals surface area contributed by atoms with Crippen molar-refractivity contribution < 1.29 is 4.42 Å². The van der Waals surface area contributed by atoms with Crippen molar-refractivity contribution in [2.45, 2.75) is 12.3 Å². The smallest absolute Gasteiger partial charge is 0.143 e. The fraction of sp³-hybridized carbons (Fsp3) is 0.0370. The largest absolute Gasteiger partial charge is 0.455 e. The van der Waals surface area contributed by atoms with E-state index in [1.54, 1.807) is 0 Å². The Morgan fingerprint density at radius 2 is 0.855 bits per heavy atom. The molecule has 0 amide bonds. The Hall–Kier alpha value is -6.96. The molecule has 1 aromatic heterocycles. The summed E-state index contributed by atoms with van der Waals surface area (Å²) in [4.78, 5) is 0. The van der Waals surface area contributed by atoms with Crippen molar-refractivity contribution in [3.8, 4) is 55.6 Å². The fourth-order valence-electron chi connectivity index (χ4n) is 10.2. The first-order valence-electron chi connectivity index (χ1n) is 19.2. The molecule has 10 aromatic rings. The minimum atomic E-state index is -0.418. The topological polar surface area (TPSA) is 13.1 Å². The van der Waals surface area contributed by atoms with Gasteiger partial charge in [-0.2, -0.15) is 0 Å². The summed E-state index contributed by atoms with van der Waals surface area (Å²) in [5.41, 5.74) is 20.8. The van der Waals surface area contributed by atoms with Gasteiger partial charge in [0.15, 0.2) is 0 Å². The predicted octanol–water partition coefficient (Wildman–Crippen LogP) is 14.4. The predicted molar refractivity (Wildman–Crippen MR) is 229 cm³/mol. The average Bonchev–Trinajstić information content (AvgIpc) is 3.89. The molecule has 0 N–H and O–H groups in total. The van der Waals surface area contributed by atoms with Crippen molar-refractivity contribution in [1.29, 1.82) is 0 Å². The van der Waals surface area contributed by atoms with Gasteiger partial charge in [-0.15, -0.1) is 0 Å². The van der Waals surface area contributed by atoms with Crippen LogP contribution >= 0.6 is 0 Å². The summed E-state index contributed by atoms with van der Waals surface area (Å²) in [5, 5.41) is 4.70. The van der Waals surface area contributed by atoms with Crippen LogP contribution in [0.4, 0.5) is 0 Å². The SMILES string of the molecule is Cc1cccc2oc3c4ccccc4c(-c4ccc(-c5cccc6c5-c5ccccc5C65c6ccccc6-c6c(-c7ccccc7)cccc65)cc4)cc3c12. The molecular formula is C54H34O.